The number of fused-ring (bicyclic) bond motifs is 6. The largest absolute Gasteiger partial charge is 0.309 e. The second-order valence-electron chi connectivity index (χ2n) is 15.6. The van der Waals surface area contributed by atoms with Gasteiger partial charge in [0.15, 0.2) is 0 Å². The van der Waals surface area contributed by atoms with Crippen molar-refractivity contribution in [3.8, 4) is 111 Å². The van der Waals surface area contributed by atoms with E-state index < -0.39 is 0 Å². The molecule has 0 fully saturated rings. The van der Waals surface area contributed by atoms with E-state index in [2.05, 4.69) is 77.2 Å². The highest BCUT2D eigenvalue weighted by Crippen LogP contribution is 2.57. The van der Waals surface area contributed by atoms with Crippen LogP contribution in [0.4, 0.5) is 0 Å². The van der Waals surface area contributed by atoms with Crippen LogP contribution in [-0.4, -0.2) is 4.57 Å². The van der Waals surface area contributed by atoms with Crippen molar-refractivity contribution in [2.75, 3.05) is 0 Å². The van der Waals surface area contributed by atoms with Crippen LogP contribution >= 0.6 is 11.3 Å². The average molecular weight is 878 g/mol. The van der Waals surface area contributed by atoms with Gasteiger partial charge in [-0.2, -0.15) is 42.1 Å². The Hall–Kier alpha value is -10.7. The van der Waals surface area contributed by atoms with Gasteiger partial charge < -0.3 is 4.57 Å². The van der Waals surface area contributed by atoms with E-state index in [1.165, 1.54) is 47.7 Å². The summed E-state index contributed by atoms with van der Waals surface area (Å²) in [5.41, 5.74) is 4.80. The van der Waals surface area contributed by atoms with E-state index in [1.807, 2.05) is 78.9 Å². The Balaban J connectivity index is 1.51. The number of terminal acetylenes is 1. The van der Waals surface area contributed by atoms with Crippen LogP contribution in [0.1, 0.15) is 50.1 Å². The molecule has 0 radical (unpaired) electrons. The predicted molar refractivity (Wildman–Crippen MR) is 261 cm³/mol. The molecule has 0 aliphatic rings. The fraction of sp³-hybridized carbons (Fsp3) is 0. The van der Waals surface area contributed by atoms with Crippen LogP contribution in [0.15, 0.2) is 133 Å². The van der Waals surface area contributed by atoms with Gasteiger partial charge in [-0.15, -0.1) is 17.8 Å². The van der Waals surface area contributed by atoms with Crippen molar-refractivity contribution >= 4 is 53.3 Å². The zero-order valence-corrected chi connectivity index (χ0v) is 36.0. The number of nitriles is 8. The number of para-hydroxylation sites is 2. The molecule has 2 heterocycles. The van der Waals surface area contributed by atoms with Gasteiger partial charge in [0.2, 0.25) is 0 Å². The Morgan fingerprint density at radius 2 is 0.779 bits per heavy atom. The smallest absolute Gasteiger partial charge is 0.0999 e. The summed E-state index contributed by atoms with van der Waals surface area (Å²) in [6, 6.07) is 57.6. The molecular formula is C58H23N9S. The number of hydrogen-bond donors (Lipinski definition) is 0. The molecular weight excluding hydrogens is 855 g/mol. The first-order valence-electron chi connectivity index (χ1n) is 20.7. The lowest BCUT2D eigenvalue weighted by Gasteiger charge is -2.26. The quantitative estimate of drug-likeness (QED) is 0.152. The lowest BCUT2D eigenvalue weighted by Crippen LogP contribution is -2.05. The summed E-state index contributed by atoms with van der Waals surface area (Å²) in [5.74, 6) is 2.54. The van der Waals surface area contributed by atoms with E-state index in [0.29, 0.717) is 26.6 Å². The second-order valence-corrected chi connectivity index (χ2v) is 16.6. The lowest BCUT2D eigenvalue weighted by molar-refractivity contribution is 1.18. The minimum Gasteiger partial charge on any atom is -0.309 e. The van der Waals surface area contributed by atoms with Crippen molar-refractivity contribution < 1.29 is 0 Å². The van der Waals surface area contributed by atoms with Crippen molar-refractivity contribution in [1.29, 1.82) is 42.1 Å². The van der Waals surface area contributed by atoms with Gasteiger partial charge in [0.05, 0.1) is 104 Å². The monoisotopic (exact) mass is 877 g/mol. The van der Waals surface area contributed by atoms with Crippen LogP contribution in [0.3, 0.4) is 0 Å². The van der Waals surface area contributed by atoms with Gasteiger partial charge in [-0.25, -0.2) is 0 Å². The van der Waals surface area contributed by atoms with E-state index in [-0.39, 0.29) is 83.5 Å². The van der Waals surface area contributed by atoms with Gasteiger partial charge in [0.1, 0.15) is 0 Å². The summed E-state index contributed by atoms with van der Waals surface area (Å²) in [6.45, 7) is 0. The molecule has 0 N–H and O–H groups in total. The number of rotatable bonds is 5. The molecule has 10 rings (SSSR count). The lowest BCUT2D eigenvalue weighted by atomic mass is 9.75. The normalized spacial score (nSPS) is 10.5. The van der Waals surface area contributed by atoms with E-state index in [0.717, 1.165) is 32.2 Å². The highest BCUT2D eigenvalue weighted by Gasteiger charge is 2.34. The van der Waals surface area contributed by atoms with E-state index in [9.17, 15) is 42.1 Å². The molecule has 0 atom stereocenters. The second kappa shape index (κ2) is 16.4. The standard InChI is InChI=1S/C58H23N9S/c1-2-33-19-37(27-61)51(38(20-33)28-62)56-54-46-11-5-8-14-49(46)68-58(54)53(36-15-17-43(18-16-36)67-47-12-6-3-9-44(47)45-10-4-7-13-48(45)67)55(50-39(29-63)21-34(25-59)22-40(50)30-64)57(56)52-41(31-65)23-35(26-60)24-42(52)32-66/h1,3-24H. The molecule has 10 aromatic rings. The van der Waals surface area contributed by atoms with Crippen molar-refractivity contribution in [3.05, 3.63) is 184 Å². The molecule has 0 unspecified atom stereocenters. The van der Waals surface area contributed by atoms with Crippen LogP contribution in [0, 0.1) is 103 Å². The summed E-state index contributed by atoms with van der Waals surface area (Å²) < 4.78 is 3.60. The highest BCUT2D eigenvalue weighted by atomic mass is 32.1. The summed E-state index contributed by atoms with van der Waals surface area (Å²) in [7, 11) is 0. The first-order valence-corrected chi connectivity index (χ1v) is 21.5. The summed E-state index contributed by atoms with van der Waals surface area (Å²) >= 11 is 1.41. The zero-order valence-electron chi connectivity index (χ0n) is 35.2. The van der Waals surface area contributed by atoms with Crippen LogP contribution in [-0.2, 0) is 0 Å². The van der Waals surface area contributed by atoms with Crippen molar-refractivity contribution in [2.45, 2.75) is 0 Å². The minimum atomic E-state index is -0.0995. The van der Waals surface area contributed by atoms with Crippen molar-refractivity contribution in [2.24, 2.45) is 0 Å². The van der Waals surface area contributed by atoms with Crippen molar-refractivity contribution in [1.82, 2.24) is 4.57 Å². The van der Waals surface area contributed by atoms with Gasteiger partial charge in [-0.05, 0) is 72.3 Å². The van der Waals surface area contributed by atoms with Gasteiger partial charge in [0.25, 0.3) is 0 Å². The van der Waals surface area contributed by atoms with Gasteiger partial charge in [-0.1, -0.05) is 72.7 Å². The van der Waals surface area contributed by atoms with Gasteiger partial charge >= 0.3 is 0 Å². The molecule has 9 nitrogen and oxygen atoms in total. The first kappa shape index (κ1) is 41.3. The zero-order chi connectivity index (χ0) is 47.2. The molecule has 306 valence electrons. The SMILES string of the molecule is C#Cc1cc(C#N)c(-c2c(-c3c(C#N)cc(C#N)cc3C#N)c(-c3c(C#N)cc(C#N)cc3C#N)c(-c3ccc(-n4c5ccccc5c5ccccc54)cc3)c3sc4ccccc4c23)c(C#N)c1. The number of hydrogen-bond acceptors (Lipinski definition) is 9. The number of benzene rings is 8. The Morgan fingerprint density at radius 3 is 1.22 bits per heavy atom. The van der Waals surface area contributed by atoms with E-state index >= 15 is 0 Å². The Morgan fingerprint density at radius 1 is 0.382 bits per heavy atom. The maximum atomic E-state index is 11.0. The molecule has 68 heavy (non-hydrogen) atoms. The first-order chi connectivity index (χ1) is 33.3. The topological polar surface area (TPSA) is 195 Å². The Bertz CT molecular complexity index is 4150. The third-order valence-corrected chi connectivity index (χ3v) is 13.3. The third kappa shape index (κ3) is 6.18. The number of thiophene rings is 1. The highest BCUT2D eigenvalue weighted by molar-refractivity contribution is 7.26. The molecule has 10 heteroatoms. The Kier molecular flexibility index (Phi) is 9.97. The van der Waals surface area contributed by atoms with Gasteiger partial charge in [-0.3, -0.25) is 0 Å². The number of nitrogens with zero attached hydrogens (tertiary/aromatic N) is 9. The molecule has 0 saturated heterocycles. The number of aromatic nitrogens is 1. The maximum Gasteiger partial charge on any atom is 0.0999 e. The van der Waals surface area contributed by atoms with Crippen LogP contribution in [0.2, 0.25) is 0 Å². The summed E-state index contributed by atoms with van der Waals surface area (Å²) in [5, 5.41) is 89.9. The third-order valence-electron chi connectivity index (χ3n) is 12.1. The molecule has 0 bridgehead atoms. The molecule has 0 saturated carbocycles. The molecule has 0 amide bonds. The van der Waals surface area contributed by atoms with Crippen LogP contribution in [0.25, 0.3) is 92.2 Å². The Labute approximate surface area is 392 Å². The van der Waals surface area contributed by atoms with Crippen molar-refractivity contribution in [3.63, 3.8) is 0 Å². The van der Waals surface area contributed by atoms with Crippen LogP contribution < -0.4 is 0 Å². The molecule has 8 aromatic carbocycles. The molecule has 2 aromatic heterocycles. The average Bonchev–Trinajstić information content (AvgIpc) is 3.95. The maximum absolute atomic E-state index is 11.0. The molecule has 0 aliphatic carbocycles. The van der Waals surface area contributed by atoms with Gasteiger partial charge in [0, 0.05) is 81.1 Å². The van der Waals surface area contributed by atoms with Crippen LogP contribution in [0.5, 0.6) is 0 Å². The van der Waals surface area contributed by atoms with E-state index in [1.54, 1.807) is 0 Å². The molecule has 0 aliphatic heterocycles. The minimum absolute atomic E-state index is 0.00978. The van der Waals surface area contributed by atoms with E-state index in [4.69, 9.17) is 6.42 Å². The fourth-order valence-electron chi connectivity index (χ4n) is 9.44. The predicted octanol–water partition coefficient (Wildman–Crippen LogP) is 12.8. The summed E-state index contributed by atoms with van der Waals surface area (Å²) in [6.07, 6.45) is 5.88. The molecule has 0 spiro atoms. The fourth-order valence-corrected chi connectivity index (χ4v) is 10.7. The summed E-state index contributed by atoms with van der Waals surface area (Å²) in [4.78, 5) is 0.